The summed E-state index contributed by atoms with van der Waals surface area (Å²) in [7, 11) is 0. The van der Waals surface area contributed by atoms with E-state index in [2.05, 4.69) is 19.2 Å². The average Bonchev–Trinajstić information content (AvgIpc) is 2.26. The van der Waals surface area contributed by atoms with Crippen molar-refractivity contribution in [2.24, 2.45) is 5.73 Å². The molecule has 3 N–H and O–H groups in total. The second-order valence-electron chi connectivity index (χ2n) is 4.57. The number of nitrogens with two attached hydrogens (primary N) is 1. The Hall–Kier alpha value is -0.0800. The van der Waals surface area contributed by atoms with E-state index in [1.807, 2.05) is 0 Å². The standard InChI is InChI=1S/C13H30N2/c1-3-4-5-6-7-8-9-10-11-15-13(2)12-14/h13,15H,3-12,14H2,1-2H3/t13-/m1/s1. The molecule has 0 aromatic rings. The van der Waals surface area contributed by atoms with E-state index in [9.17, 15) is 0 Å². The van der Waals surface area contributed by atoms with Crippen molar-refractivity contribution in [3.63, 3.8) is 0 Å². The molecule has 0 amide bonds. The van der Waals surface area contributed by atoms with Crippen molar-refractivity contribution in [3.8, 4) is 0 Å². The summed E-state index contributed by atoms with van der Waals surface area (Å²) < 4.78 is 0. The predicted molar refractivity (Wildman–Crippen MR) is 69.1 cm³/mol. The van der Waals surface area contributed by atoms with Gasteiger partial charge in [-0.2, -0.15) is 0 Å². The fourth-order valence-corrected chi connectivity index (χ4v) is 1.69. The lowest BCUT2D eigenvalue weighted by Crippen LogP contribution is -2.33. The zero-order valence-corrected chi connectivity index (χ0v) is 10.7. The summed E-state index contributed by atoms with van der Waals surface area (Å²) >= 11 is 0. The third-order valence-electron chi connectivity index (χ3n) is 2.88. The molecule has 1 atom stereocenters. The van der Waals surface area contributed by atoms with E-state index >= 15 is 0 Å². The maximum atomic E-state index is 5.52. The highest BCUT2D eigenvalue weighted by molar-refractivity contribution is 4.60. The van der Waals surface area contributed by atoms with E-state index in [1.54, 1.807) is 0 Å². The highest BCUT2D eigenvalue weighted by atomic mass is 14.9. The number of hydrogen-bond acceptors (Lipinski definition) is 2. The lowest BCUT2D eigenvalue weighted by molar-refractivity contribution is 0.514. The van der Waals surface area contributed by atoms with Crippen LogP contribution < -0.4 is 11.1 Å². The van der Waals surface area contributed by atoms with E-state index < -0.39 is 0 Å². The van der Waals surface area contributed by atoms with E-state index in [-0.39, 0.29) is 0 Å². The van der Waals surface area contributed by atoms with Crippen LogP contribution in [-0.2, 0) is 0 Å². The summed E-state index contributed by atoms with van der Waals surface area (Å²) in [6.07, 6.45) is 11.1. The van der Waals surface area contributed by atoms with Crippen molar-refractivity contribution in [1.82, 2.24) is 5.32 Å². The van der Waals surface area contributed by atoms with Crippen LogP contribution in [0, 0.1) is 0 Å². The first-order chi connectivity index (χ1) is 7.31. The Morgan fingerprint density at radius 1 is 0.933 bits per heavy atom. The Bertz CT molecular complexity index is 115. The number of hydrogen-bond donors (Lipinski definition) is 2. The molecular weight excluding hydrogens is 184 g/mol. The summed E-state index contributed by atoms with van der Waals surface area (Å²) in [6, 6.07) is 0.481. The molecule has 0 bridgehead atoms. The first kappa shape index (κ1) is 14.9. The lowest BCUT2D eigenvalue weighted by atomic mass is 10.1. The lowest BCUT2D eigenvalue weighted by Gasteiger charge is -2.10. The minimum Gasteiger partial charge on any atom is -0.329 e. The molecule has 0 aliphatic heterocycles. The van der Waals surface area contributed by atoms with Crippen LogP contribution in [0.1, 0.15) is 65.2 Å². The van der Waals surface area contributed by atoms with Crippen molar-refractivity contribution < 1.29 is 0 Å². The fourth-order valence-electron chi connectivity index (χ4n) is 1.69. The van der Waals surface area contributed by atoms with Gasteiger partial charge in [0.25, 0.3) is 0 Å². The molecule has 0 aliphatic carbocycles. The Kier molecular flexibility index (Phi) is 11.9. The highest BCUT2D eigenvalue weighted by Gasteiger charge is 1.96. The van der Waals surface area contributed by atoms with Crippen LogP contribution in [0.15, 0.2) is 0 Å². The van der Waals surface area contributed by atoms with Crippen molar-refractivity contribution >= 4 is 0 Å². The van der Waals surface area contributed by atoms with Crippen LogP contribution >= 0.6 is 0 Å². The van der Waals surface area contributed by atoms with E-state index in [0.717, 1.165) is 13.1 Å². The molecule has 2 heteroatoms. The van der Waals surface area contributed by atoms with Gasteiger partial charge in [0.15, 0.2) is 0 Å². The molecule has 0 saturated heterocycles. The molecule has 0 aromatic heterocycles. The minimum atomic E-state index is 0.481. The van der Waals surface area contributed by atoms with E-state index in [0.29, 0.717) is 6.04 Å². The Morgan fingerprint density at radius 3 is 2.00 bits per heavy atom. The Labute approximate surface area is 96.0 Å². The van der Waals surface area contributed by atoms with Gasteiger partial charge in [0.1, 0.15) is 0 Å². The molecule has 0 fully saturated rings. The van der Waals surface area contributed by atoms with Crippen molar-refractivity contribution in [2.45, 2.75) is 71.3 Å². The number of nitrogens with one attached hydrogen (secondary N) is 1. The number of rotatable bonds is 11. The van der Waals surface area contributed by atoms with Crippen LogP contribution in [0.3, 0.4) is 0 Å². The van der Waals surface area contributed by atoms with Gasteiger partial charge in [-0.3, -0.25) is 0 Å². The van der Waals surface area contributed by atoms with Gasteiger partial charge in [-0.15, -0.1) is 0 Å². The predicted octanol–water partition coefficient (Wildman–Crippen LogP) is 3.06. The Morgan fingerprint density at radius 2 is 1.47 bits per heavy atom. The van der Waals surface area contributed by atoms with Crippen LogP contribution in [0.5, 0.6) is 0 Å². The summed E-state index contributed by atoms with van der Waals surface area (Å²) in [5, 5.41) is 3.42. The largest absolute Gasteiger partial charge is 0.329 e. The third kappa shape index (κ3) is 11.8. The molecule has 0 aromatic carbocycles. The van der Waals surface area contributed by atoms with Gasteiger partial charge in [0.05, 0.1) is 0 Å². The molecule has 92 valence electrons. The summed E-state index contributed by atoms with van der Waals surface area (Å²) in [6.45, 7) is 6.29. The third-order valence-corrected chi connectivity index (χ3v) is 2.88. The van der Waals surface area contributed by atoms with Crippen LogP contribution in [0.4, 0.5) is 0 Å². The zero-order valence-electron chi connectivity index (χ0n) is 10.7. The van der Waals surface area contributed by atoms with Gasteiger partial charge >= 0.3 is 0 Å². The van der Waals surface area contributed by atoms with Gasteiger partial charge in [-0.25, -0.2) is 0 Å². The topological polar surface area (TPSA) is 38.0 Å². The zero-order chi connectivity index (χ0) is 11.4. The SMILES string of the molecule is CCCCCCCCCCN[C@H](C)CN. The van der Waals surface area contributed by atoms with Crippen molar-refractivity contribution in [1.29, 1.82) is 0 Å². The molecule has 2 nitrogen and oxygen atoms in total. The minimum absolute atomic E-state index is 0.481. The first-order valence-corrected chi connectivity index (χ1v) is 6.74. The highest BCUT2D eigenvalue weighted by Crippen LogP contribution is 2.07. The fraction of sp³-hybridized carbons (Fsp3) is 1.00. The Balaban J connectivity index is 2.92. The molecular formula is C13H30N2. The van der Waals surface area contributed by atoms with Crippen LogP contribution in [0.2, 0.25) is 0 Å². The molecule has 0 rings (SSSR count). The van der Waals surface area contributed by atoms with Gasteiger partial charge in [0.2, 0.25) is 0 Å². The first-order valence-electron chi connectivity index (χ1n) is 6.74. The molecule has 0 unspecified atom stereocenters. The second-order valence-corrected chi connectivity index (χ2v) is 4.57. The van der Waals surface area contributed by atoms with Crippen molar-refractivity contribution in [2.75, 3.05) is 13.1 Å². The normalized spacial score (nSPS) is 13.0. The van der Waals surface area contributed by atoms with E-state index in [4.69, 9.17) is 5.73 Å². The molecule has 0 aliphatic rings. The molecule has 15 heavy (non-hydrogen) atoms. The molecule has 0 saturated carbocycles. The monoisotopic (exact) mass is 214 g/mol. The molecule has 0 spiro atoms. The van der Waals surface area contributed by atoms with Gasteiger partial charge in [0, 0.05) is 12.6 Å². The summed E-state index contributed by atoms with van der Waals surface area (Å²) in [4.78, 5) is 0. The summed E-state index contributed by atoms with van der Waals surface area (Å²) in [5.74, 6) is 0. The van der Waals surface area contributed by atoms with Crippen LogP contribution in [0.25, 0.3) is 0 Å². The second kappa shape index (κ2) is 12.0. The van der Waals surface area contributed by atoms with Gasteiger partial charge in [-0.05, 0) is 19.9 Å². The molecule has 0 radical (unpaired) electrons. The summed E-state index contributed by atoms with van der Waals surface area (Å²) in [5.41, 5.74) is 5.52. The maximum Gasteiger partial charge on any atom is 0.0161 e. The smallest absolute Gasteiger partial charge is 0.0161 e. The average molecular weight is 214 g/mol. The van der Waals surface area contributed by atoms with Crippen molar-refractivity contribution in [3.05, 3.63) is 0 Å². The van der Waals surface area contributed by atoms with E-state index in [1.165, 1.54) is 51.4 Å². The van der Waals surface area contributed by atoms with Crippen LogP contribution in [-0.4, -0.2) is 19.1 Å². The number of unbranched alkanes of at least 4 members (excludes halogenated alkanes) is 7. The quantitative estimate of drug-likeness (QED) is 0.519. The van der Waals surface area contributed by atoms with Gasteiger partial charge in [-0.1, -0.05) is 51.9 Å². The van der Waals surface area contributed by atoms with Gasteiger partial charge < -0.3 is 11.1 Å². The molecule has 0 heterocycles. The maximum absolute atomic E-state index is 5.52.